The van der Waals surface area contributed by atoms with E-state index in [0.717, 1.165) is 35.5 Å². The molecule has 2 heterocycles. The lowest BCUT2D eigenvalue weighted by Gasteiger charge is -2.08. The van der Waals surface area contributed by atoms with Crippen LogP contribution >= 0.6 is 11.6 Å². The van der Waals surface area contributed by atoms with Crippen LogP contribution in [0.1, 0.15) is 29.4 Å². The first-order valence-corrected chi connectivity index (χ1v) is 7.71. The molecule has 0 radical (unpaired) electrons. The van der Waals surface area contributed by atoms with Crippen molar-refractivity contribution in [3.05, 3.63) is 59.0 Å². The highest BCUT2D eigenvalue weighted by atomic mass is 35.5. The van der Waals surface area contributed by atoms with Crippen molar-refractivity contribution in [3.63, 3.8) is 0 Å². The molecule has 0 saturated heterocycles. The van der Waals surface area contributed by atoms with Gasteiger partial charge in [0.15, 0.2) is 5.65 Å². The van der Waals surface area contributed by atoms with E-state index < -0.39 is 0 Å². The van der Waals surface area contributed by atoms with E-state index in [2.05, 4.69) is 52.6 Å². The Morgan fingerprint density at radius 3 is 2.48 bits per heavy atom. The second-order valence-corrected chi connectivity index (χ2v) is 5.49. The first-order chi connectivity index (χ1) is 10.2. The van der Waals surface area contributed by atoms with Gasteiger partial charge in [0.05, 0.1) is 12.4 Å². The maximum atomic E-state index is 6.06. The highest BCUT2D eigenvalue weighted by molar-refractivity contribution is 6.16. The van der Waals surface area contributed by atoms with Gasteiger partial charge in [0.25, 0.3) is 0 Å². The molecule has 0 fully saturated rings. The van der Waals surface area contributed by atoms with Crippen molar-refractivity contribution in [3.8, 4) is 0 Å². The topological polar surface area (TPSA) is 30.7 Å². The summed E-state index contributed by atoms with van der Waals surface area (Å²) in [7, 11) is 0. The average molecular weight is 300 g/mol. The third-order valence-electron chi connectivity index (χ3n) is 3.81. The summed E-state index contributed by atoms with van der Waals surface area (Å²) in [6.45, 7) is 4.96. The molecule has 21 heavy (non-hydrogen) atoms. The number of hydrogen-bond acceptors (Lipinski definition) is 2. The fourth-order valence-corrected chi connectivity index (χ4v) is 2.72. The summed E-state index contributed by atoms with van der Waals surface area (Å²) in [5.41, 5.74) is 5.57. The fraction of sp³-hybridized carbons (Fsp3) is 0.294. The number of alkyl halides is 1. The van der Waals surface area contributed by atoms with E-state index in [1.165, 1.54) is 11.1 Å². The summed E-state index contributed by atoms with van der Waals surface area (Å²) in [6, 6.07) is 10.7. The molecule has 0 N–H and O–H groups in total. The van der Waals surface area contributed by atoms with Crippen molar-refractivity contribution in [1.29, 1.82) is 0 Å². The maximum absolute atomic E-state index is 6.06. The molecule has 0 unspecified atom stereocenters. The van der Waals surface area contributed by atoms with Crippen LogP contribution < -0.4 is 0 Å². The largest absolute Gasteiger partial charge is 0.307 e. The predicted octanol–water partition coefficient (Wildman–Crippen LogP) is 4.09. The van der Waals surface area contributed by atoms with Crippen LogP contribution in [0, 0.1) is 6.92 Å². The molecule has 3 rings (SSSR count). The summed E-state index contributed by atoms with van der Waals surface area (Å²) >= 11 is 6.06. The van der Waals surface area contributed by atoms with E-state index in [4.69, 9.17) is 11.6 Å². The smallest absolute Gasteiger partial charge is 0.160 e. The predicted molar refractivity (Wildman–Crippen MR) is 86.7 cm³/mol. The zero-order valence-corrected chi connectivity index (χ0v) is 13.1. The number of nitrogens with zero attached hydrogens (tertiary/aromatic N) is 3. The Morgan fingerprint density at radius 1 is 1.10 bits per heavy atom. The normalized spacial score (nSPS) is 11.2. The van der Waals surface area contributed by atoms with E-state index in [-0.39, 0.29) is 0 Å². The van der Waals surface area contributed by atoms with Crippen LogP contribution in [0.4, 0.5) is 0 Å². The molecule has 0 aliphatic carbocycles. The molecule has 4 heteroatoms. The van der Waals surface area contributed by atoms with Crippen LogP contribution in [-0.2, 0) is 18.8 Å². The summed E-state index contributed by atoms with van der Waals surface area (Å²) in [6.07, 6.45) is 2.88. The van der Waals surface area contributed by atoms with E-state index in [1.807, 2.05) is 12.3 Å². The van der Waals surface area contributed by atoms with Gasteiger partial charge in [0, 0.05) is 6.20 Å². The SMILES string of the molecule is CCc1ccc(Cn2c(CCl)nc3c(C)ccnc32)cc1. The zero-order chi connectivity index (χ0) is 14.8. The van der Waals surface area contributed by atoms with Crippen LogP contribution in [0.25, 0.3) is 11.2 Å². The highest BCUT2D eigenvalue weighted by Gasteiger charge is 2.12. The number of aryl methyl sites for hydroxylation is 2. The Kier molecular flexibility index (Phi) is 3.93. The number of rotatable bonds is 4. The third kappa shape index (κ3) is 2.66. The molecule has 1 aromatic carbocycles. The molecule has 0 bridgehead atoms. The third-order valence-corrected chi connectivity index (χ3v) is 4.05. The Balaban J connectivity index is 2.04. The highest BCUT2D eigenvalue weighted by Crippen LogP contribution is 2.20. The quantitative estimate of drug-likeness (QED) is 0.679. The molecule has 0 aliphatic rings. The number of fused-ring (bicyclic) bond motifs is 1. The molecule has 3 aromatic rings. The van der Waals surface area contributed by atoms with Crippen LogP contribution in [-0.4, -0.2) is 14.5 Å². The number of pyridine rings is 1. The lowest BCUT2D eigenvalue weighted by molar-refractivity contribution is 0.770. The van der Waals surface area contributed by atoms with Gasteiger partial charge < -0.3 is 4.57 Å². The molecule has 0 spiro atoms. The van der Waals surface area contributed by atoms with Gasteiger partial charge >= 0.3 is 0 Å². The Hall–Kier alpha value is -1.87. The first-order valence-electron chi connectivity index (χ1n) is 7.17. The molecular weight excluding hydrogens is 282 g/mol. The van der Waals surface area contributed by atoms with Crippen molar-refractivity contribution in [2.24, 2.45) is 0 Å². The number of benzene rings is 1. The van der Waals surface area contributed by atoms with Gasteiger partial charge in [0.1, 0.15) is 11.3 Å². The second-order valence-electron chi connectivity index (χ2n) is 5.22. The Labute approximate surface area is 129 Å². The molecule has 3 nitrogen and oxygen atoms in total. The monoisotopic (exact) mass is 299 g/mol. The summed E-state index contributed by atoms with van der Waals surface area (Å²) in [5, 5.41) is 0. The van der Waals surface area contributed by atoms with Gasteiger partial charge in [-0.2, -0.15) is 0 Å². The van der Waals surface area contributed by atoms with Crippen molar-refractivity contribution in [1.82, 2.24) is 14.5 Å². The van der Waals surface area contributed by atoms with Gasteiger partial charge in [-0.1, -0.05) is 31.2 Å². The van der Waals surface area contributed by atoms with Crippen LogP contribution in [0.5, 0.6) is 0 Å². The minimum atomic E-state index is 0.392. The summed E-state index contributed by atoms with van der Waals surface area (Å²) in [4.78, 5) is 9.11. The standard InChI is InChI=1S/C17H18ClN3/c1-3-13-4-6-14(7-5-13)11-21-15(10-18)20-16-12(2)8-9-19-17(16)21/h4-9H,3,10-11H2,1-2H3. The average Bonchev–Trinajstić information content (AvgIpc) is 2.87. The maximum Gasteiger partial charge on any atom is 0.160 e. The van der Waals surface area contributed by atoms with E-state index in [0.29, 0.717) is 5.88 Å². The van der Waals surface area contributed by atoms with Crippen molar-refractivity contribution >= 4 is 22.8 Å². The summed E-state index contributed by atoms with van der Waals surface area (Å²) < 4.78 is 2.11. The fourth-order valence-electron chi connectivity index (χ4n) is 2.51. The zero-order valence-electron chi connectivity index (χ0n) is 12.3. The van der Waals surface area contributed by atoms with Crippen molar-refractivity contribution in [2.45, 2.75) is 32.7 Å². The molecule has 0 amide bonds. The molecule has 0 atom stereocenters. The minimum Gasteiger partial charge on any atom is -0.307 e. The number of aromatic nitrogens is 3. The first kappa shape index (κ1) is 14.1. The van der Waals surface area contributed by atoms with Gasteiger partial charge in [-0.3, -0.25) is 0 Å². The van der Waals surface area contributed by atoms with Crippen LogP contribution in [0.15, 0.2) is 36.5 Å². The molecule has 2 aromatic heterocycles. The molecular formula is C17H18ClN3. The second kappa shape index (κ2) is 5.86. The Morgan fingerprint density at radius 2 is 1.81 bits per heavy atom. The van der Waals surface area contributed by atoms with Crippen molar-refractivity contribution < 1.29 is 0 Å². The van der Waals surface area contributed by atoms with Crippen molar-refractivity contribution in [2.75, 3.05) is 0 Å². The number of hydrogen-bond donors (Lipinski definition) is 0. The lowest BCUT2D eigenvalue weighted by Crippen LogP contribution is -2.04. The van der Waals surface area contributed by atoms with Gasteiger partial charge in [0.2, 0.25) is 0 Å². The van der Waals surface area contributed by atoms with Gasteiger partial charge in [-0.25, -0.2) is 9.97 Å². The summed E-state index contributed by atoms with van der Waals surface area (Å²) in [5.74, 6) is 1.26. The van der Waals surface area contributed by atoms with Crippen LogP contribution in [0.3, 0.4) is 0 Å². The molecule has 108 valence electrons. The van der Waals surface area contributed by atoms with Crippen LogP contribution in [0.2, 0.25) is 0 Å². The lowest BCUT2D eigenvalue weighted by atomic mass is 10.1. The van der Waals surface area contributed by atoms with Gasteiger partial charge in [-0.15, -0.1) is 11.6 Å². The minimum absolute atomic E-state index is 0.392. The van der Waals surface area contributed by atoms with E-state index in [1.54, 1.807) is 0 Å². The van der Waals surface area contributed by atoms with E-state index >= 15 is 0 Å². The molecule has 0 saturated carbocycles. The Bertz CT molecular complexity index is 760. The van der Waals surface area contributed by atoms with E-state index in [9.17, 15) is 0 Å². The number of halogens is 1. The molecule has 0 aliphatic heterocycles. The number of imidazole rings is 1. The van der Waals surface area contributed by atoms with Gasteiger partial charge in [-0.05, 0) is 36.1 Å².